The molecule has 0 saturated carbocycles. The maximum atomic E-state index is 9.19. The predicted molar refractivity (Wildman–Crippen MR) is 76.4 cm³/mol. The minimum absolute atomic E-state index is 0.0174. The number of rotatable bonds is 4. The van der Waals surface area contributed by atoms with Crippen LogP contribution in [0.5, 0.6) is 5.75 Å². The minimum Gasteiger partial charge on any atom is -0.490 e. The molecule has 0 spiro atoms. The van der Waals surface area contributed by atoms with Crippen molar-refractivity contribution in [3.63, 3.8) is 0 Å². The second-order valence-electron chi connectivity index (χ2n) is 4.51. The second-order valence-corrected chi connectivity index (χ2v) is 4.95. The number of aliphatic hydroxyl groups excluding tert-OH is 1. The largest absolute Gasteiger partial charge is 0.490 e. The van der Waals surface area contributed by atoms with Crippen molar-refractivity contribution in [3.8, 4) is 17.0 Å². The number of hydrogen-bond donors (Lipinski definition) is 1. The van der Waals surface area contributed by atoms with Crippen molar-refractivity contribution in [2.75, 3.05) is 0 Å². The molecule has 2 rings (SSSR count). The van der Waals surface area contributed by atoms with Gasteiger partial charge < -0.3 is 9.84 Å². The Balaban J connectivity index is 2.49. The van der Waals surface area contributed by atoms with Gasteiger partial charge in [-0.05, 0) is 49.7 Å². The van der Waals surface area contributed by atoms with Crippen molar-refractivity contribution in [2.24, 2.45) is 0 Å². The van der Waals surface area contributed by atoms with Crippen molar-refractivity contribution < 1.29 is 9.84 Å². The molecule has 1 N–H and O–H groups in total. The molecule has 0 fully saturated rings. The van der Waals surface area contributed by atoms with E-state index in [9.17, 15) is 5.11 Å². The highest BCUT2D eigenvalue weighted by atomic mass is 35.5. The Hall–Kier alpha value is -1.58. The van der Waals surface area contributed by atoms with Crippen molar-refractivity contribution in [1.82, 2.24) is 4.98 Å². The summed E-state index contributed by atoms with van der Waals surface area (Å²) in [7, 11) is 0. The van der Waals surface area contributed by atoms with Gasteiger partial charge in [-0.2, -0.15) is 0 Å². The number of aromatic nitrogens is 1. The molecule has 0 aliphatic carbocycles. The summed E-state index contributed by atoms with van der Waals surface area (Å²) in [6, 6.07) is 9.06. The molecular formula is C15H16ClNO2. The SMILES string of the molecule is CC(C)Oc1ccc(Cl)cc1-c1cc(CO)ccn1. The molecule has 100 valence electrons. The Morgan fingerprint density at radius 3 is 2.74 bits per heavy atom. The van der Waals surface area contributed by atoms with E-state index in [4.69, 9.17) is 16.3 Å². The second kappa shape index (κ2) is 6.04. The number of hydrogen-bond acceptors (Lipinski definition) is 3. The lowest BCUT2D eigenvalue weighted by atomic mass is 10.1. The fourth-order valence-electron chi connectivity index (χ4n) is 1.78. The molecule has 0 saturated heterocycles. The van der Waals surface area contributed by atoms with E-state index in [0.29, 0.717) is 5.02 Å². The lowest BCUT2D eigenvalue weighted by Gasteiger charge is -2.14. The van der Waals surface area contributed by atoms with Gasteiger partial charge in [-0.3, -0.25) is 4.98 Å². The van der Waals surface area contributed by atoms with Crippen LogP contribution in [0.2, 0.25) is 5.02 Å². The average Bonchev–Trinajstić information content (AvgIpc) is 2.40. The summed E-state index contributed by atoms with van der Waals surface area (Å²) in [4.78, 5) is 4.32. The van der Waals surface area contributed by atoms with Gasteiger partial charge in [0.15, 0.2) is 0 Å². The first-order chi connectivity index (χ1) is 9.10. The van der Waals surface area contributed by atoms with Gasteiger partial charge in [0, 0.05) is 16.8 Å². The van der Waals surface area contributed by atoms with Crippen LogP contribution >= 0.6 is 11.6 Å². The summed E-state index contributed by atoms with van der Waals surface area (Å²) >= 11 is 6.04. The first kappa shape index (κ1) is 13.8. The first-order valence-electron chi connectivity index (χ1n) is 6.12. The van der Waals surface area contributed by atoms with E-state index in [1.807, 2.05) is 32.0 Å². The molecule has 3 nitrogen and oxygen atoms in total. The molecule has 19 heavy (non-hydrogen) atoms. The summed E-state index contributed by atoms with van der Waals surface area (Å²) in [5.41, 5.74) is 2.38. The third-order valence-corrected chi connectivity index (χ3v) is 2.82. The molecule has 2 aromatic rings. The zero-order chi connectivity index (χ0) is 13.8. The third kappa shape index (κ3) is 3.46. The minimum atomic E-state index is -0.0174. The first-order valence-corrected chi connectivity index (χ1v) is 6.50. The summed E-state index contributed by atoms with van der Waals surface area (Å²) < 4.78 is 5.77. The van der Waals surface area contributed by atoms with E-state index in [1.54, 1.807) is 18.3 Å². The number of benzene rings is 1. The molecule has 0 amide bonds. The van der Waals surface area contributed by atoms with Crippen molar-refractivity contribution in [1.29, 1.82) is 0 Å². The van der Waals surface area contributed by atoms with E-state index in [2.05, 4.69) is 4.98 Å². The normalized spacial score (nSPS) is 10.8. The summed E-state index contributed by atoms with van der Waals surface area (Å²) in [5, 5.41) is 9.82. The molecule has 1 heterocycles. The fraction of sp³-hybridized carbons (Fsp3) is 0.267. The van der Waals surface area contributed by atoms with Crippen molar-refractivity contribution >= 4 is 11.6 Å². The van der Waals surface area contributed by atoms with Gasteiger partial charge >= 0.3 is 0 Å². The highest BCUT2D eigenvalue weighted by Gasteiger charge is 2.10. The van der Waals surface area contributed by atoms with Gasteiger partial charge in [0.05, 0.1) is 18.4 Å². The molecule has 0 bridgehead atoms. The summed E-state index contributed by atoms with van der Waals surface area (Å²) in [5.74, 6) is 0.738. The quantitative estimate of drug-likeness (QED) is 0.927. The summed E-state index contributed by atoms with van der Waals surface area (Å²) in [6.07, 6.45) is 1.74. The smallest absolute Gasteiger partial charge is 0.129 e. The zero-order valence-corrected chi connectivity index (χ0v) is 11.7. The highest BCUT2D eigenvalue weighted by Crippen LogP contribution is 2.32. The molecule has 0 atom stereocenters. The number of halogens is 1. The molecule has 0 radical (unpaired) electrons. The van der Waals surface area contributed by atoms with E-state index < -0.39 is 0 Å². The molecule has 1 aromatic carbocycles. The standard InChI is InChI=1S/C15H16ClNO2/c1-10(2)19-15-4-3-12(16)8-13(15)14-7-11(9-18)5-6-17-14/h3-8,10,18H,9H2,1-2H3. The van der Waals surface area contributed by atoms with Gasteiger partial charge in [0.25, 0.3) is 0 Å². The molecule has 0 unspecified atom stereocenters. The van der Waals surface area contributed by atoms with Crippen LogP contribution in [0.15, 0.2) is 36.5 Å². The molecule has 4 heteroatoms. The topological polar surface area (TPSA) is 42.4 Å². The van der Waals surface area contributed by atoms with Crippen LogP contribution in [0, 0.1) is 0 Å². The Labute approximate surface area is 117 Å². The van der Waals surface area contributed by atoms with Crippen molar-refractivity contribution in [3.05, 3.63) is 47.1 Å². The molecule has 0 aliphatic rings. The Kier molecular flexibility index (Phi) is 4.40. The monoisotopic (exact) mass is 277 g/mol. The molecule has 0 aliphatic heterocycles. The van der Waals surface area contributed by atoms with Crippen molar-refractivity contribution in [2.45, 2.75) is 26.6 Å². The highest BCUT2D eigenvalue weighted by molar-refractivity contribution is 6.30. The lowest BCUT2D eigenvalue weighted by molar-refractivity contribution is 0.243. The van der Waals surface area contributed by atoms with Gasteiger partial charge in [0.2, 0.25) is 0 Å². The van der Waals surface area contributed by atoms with Gasteiger partial charge in [0.1, 0.15) is 5.75 Å². The number of nitrogens with zero attached hydrogens (tertiary/aromatic N) is 1. The maximum absolute atomic E-state index is 9.19. The lowest BCUT2D eigenvalue weighted by Crippen LogP contribution is -2.06. The third-order valence-electron chi connectivity index (χ3n) is 2.59. The molecular weight excluding hydrogens is 262 g/mol. The van der Waals surface area contributed by atoms with Crippen LogP contribution in [0.4, 0.5) is 0 Å². The zero-order valence-electron chi connectivity index (χ0n) is 10.9. The van der Waals surface area contributed by atoms with E-state index in [0.717, 1.165) is 22.6 Å². The number of aliphatic hydroxyl groups is 1. The molecule has 1 aromatic heterocycles. The van der Waals surface area contributed by atoms with Crippen LogP contribution in [0.25, 0.3) is 11.3 Å². The van der Waals surface area contributed by atoms with E-state index >= 15 is 0 Å². The predicted octanol–water partition coefficient (Wildman–Crippen LogP) is 3.68. The average molecular weight is 278 g/mol. The Morgan fingerprint density at radius 2 is 2.05 bits per heavy atom. The van der Waals surface area contributed by atoms with Crippen LogP contribution in [-0.4, -0.2) is 16.2 Å². The number of ether oxygens (including phenoxy) is 1. The van der Waals surface area contributed by atoms with Crippen LogP contribution in [-0.2, 0) is 6.61 Å². The van der Waals surface area contributed by atoms with Crippen LogP contribution in [0.1, 0.15) is 19.4 Å². The van der Waals surface area contributed by atoms with Crippen LogP contribution < -0.4 is 4.74 Å². The van der Waals surface area contributed by atoms with Gasteiger partial charge in [-0.1, -0.05) is 11.6 Å². The maximum Gasteiger partial charge on any atom is 0.129 e. The van der Waals surface area contributed by atoms with E-state index in [-0.39, 0.29) is 12.7 Å². The number of pyridine rings is 1. The van der Waals surface area contributed by atoms with E-state index in [1.165, 1.54) is 0 Å². The van der Waals surface area contributed by atoms with Gasteiger partial charge in [-0.25, -0.2) is 0 Å². The fourth-order valence-corrected chi connectivity index (χ4v) is 1.95. The van der Waals surface area contributed by atoms with Gasteiger partial charge in [-0.15, -0.1) is 0 Å². The Morgan fingerprint density at radius 1 is 1.26 bits per heavy atom. The Bertz CT molecular complexity index is 570. The summed E-state index contributed by atoms with van der Waals surface area (Å²) in [6.45, 7) is 3.92. The van der Waals surface area contributed by atoms with Crippen LogP contribution in [0.3, 0.4) is 0 Å².